The van der Waals surface area contributed by atoms with Crippen molar-refractivity contribution in [3.05, 3.63) is 59.7 Å². The second kappa shape index (κ2) is 7.67. The fourth-order valence-corrected chi connectivity index (χ4v) is 4.85. The zero-order valence-corrected chi connectivity index (χ0v) is 17.9. The molecule has 1 saturated heterocycles. The zero-order chi connectivity index (χ0) is 20.6. The molecule has 152 valence electrons. The Kier molecular flexibility index (Phi) is 5.21. The Balaban J connectivity index is 1.82. The molecule has 0 saturated carbocycles. The van der Waals surface area contributed by atoms with Crippen LogP contribution in [0.4, 0.5) is 5.88 Å². The maximum absolute atomic E-state index is 13.4. The van der Waals surface area contributed by atoms with E-state index in [-0.39, 0.29) is 9.92 Å². The quantitative estimate of drug-likeness (QED) is 0.604. The second-order valence-electron chi connectivity index (χ2n) is 7.98. The molecule has 29 heavy (non-hydrogen) atoms. The molecule has 0 radical (unpaired) electrons. The molecule has 1 aliphatic heterocycles. The van der Waals surface area contributed by atoms with E-state index in [1.807, 2.05) is 43.0 Å². The van der Waals surface area contributed by atoms with E-state index in [0.29, 0.717) is 17.7 Å². The molecule has 1 aromatic heterocycles. The van der Waals surface area contributed by atoms with Crippen LogP contribution in [0.1, 0.15) is 30.9 Å². The summed E-state index contributed by atoms with van der Waals surface area (Å²) < 4.78 is 32.9. The molecular weight excluding hydrogens is 384 g/mol. The third-order valence-corrected chi connectivity index (χ3v) is 7.20. The fraction of sp³-hybridized carbons (Fsp3) is 0.348. The van der Waals surface area contributed by atoms with Crippen LogP contribution in [0.2, 0.25) is 0 Å². The Morgan fingerprint density at radius 2 is 1.48 bits per heavy atom. The van der Waals surface area contributed by atoms with Gasteiger partial charge >= 0.3 is 0 Å². The zero-order valence-electron chi connectivity index (χ0n) is 17.1. The van der Waals surface area contributed by atoms with Crippen molar-refractivity contribution in [2.75, 3.05) is 18.0 Å². The highest BCUT2D eigenvalue weighted by Gasteiger charge is 2.32. The average molecular weight is 411 g/mol. The normalized spacial score (nSPS) is 15.6. The van der Waals surface area contributed by atoms with Gasteiger partial charge in [-0.05, 0) is 56.9 Å². The SMILES string of the molecule is Cc1ccc(-c2nc(S(=O)(=O)c3ccc(C)cc3)c(N3CCC(C)CC3)o2)cc1. The average Bonchev–Trinajstić information content (AvgIpc) is 3.16. The van der Waals surface area contributed by atoms with Crippen molar-refractivity contribution < 1.29 is 12.8 Å². The molecule has 2 heterocycles. The summed E-state index contributed by atoms with van der Waals surface area (Å²) in [5.41, 5.74) is 2.90. The highest BCUT2D eigenvalue weighted by atomic mass is 32.2. The van der Waals surface area contributed by atoms with E-state index in [4.69, 9.17) is 4.42 Å². The van der Waals surface area contributed by atoms with E-state index in [9.17, 15) is 8.42 Å². The lowest BCUT2D eigenvalue weighted by molar-refractivity contribution is 0.415. The van der Waals surface area contributed by atoms with Crippen LogP contribution in [-0.4, -0.2) is 26.5 Å². The van der Waals surface area contributed by atoms with Gasteiger partial charge in [-0.15, -0.1) is 0 Å². The molecule has 0 amide bonds. The maximum Gasteiger partial charge on any atom is 0.236 e. The van der Waals surface area contributed by atoms with E-state index in [1.165, 1.54) is 0 Å². The topological polar surface area (TPSA) is 63.4 Å². The van der Waals surface area contributed by atoms with Crippen LogP contribution in [0.25, 0.3) is 11.5 Å². The summed E-state index contributed by atoms with van der Waals surface area (Å²) in [6.07, 6.45) is 2.01. The predicted octanol–water partition coefficient (Wildman–Crippen LogP) is 5.03. The smallest absolute Gasteiger partial charge is 0.236 e. The van der Waals surface area contributed by atoms with Gasteiger partial charge < -0.3 is 9.32 Å². The molecule has 1 aliphatic rings. The minimum atomic E-state index is -3.79. The number of rotatable bonds is 4. The maximum atomic E-state index is 13.4. The van der Waals surface area contributed by atoms with Gasteiger partial charge in [-0.1, -0.05) is 42.3 Å². The van der Waals surface area contributed by atoms with Gasteiger partial charge in [0.2, 0.25) is 26.6 Å². The number of aromatic nitrogens is 1. The number of oxazole rings is 1. The molecule has 0 N–H and O–H groups in total. The van der Waals surface area contributed by atoms with Crippen molar-refractivity contribution in [2.45, 2.75) is 43.5 Å². The van der Waals surface area contributed by atoms with Gasteiger partial charge in [-0.2, -0.15) is 4.98 Å². The minimum Gasteiger partial charge on any atom is -0.419 e. The van der Waals surface area contributed by atoms with Gasteiger partial charge in [0.15, 0.2) is 0 Å². The Bertz CT molecular complexity index is 1090. The number of hydrogen-bond donors (Lipinski definition) is 0. The molecule has 0 unspecified atom stereocenters. The van der Waals surface area contributed by atoms with Gasteiger partial charge in [0, 0.05) is 18.7 Å². The van der Waals surface area contributed by atoms with Crippen molar-refractivity contribution in [2.24, 2.45) is 5.92 Å². The molecule has 2 aromatic carbocycles. The van der Waals surface area contributed by atoms with Crippen LogP contribution in [0.15, 0.2) is 62.9 Å². The van der Waals surface area contributed by atoms with E-state index in [0.717, 1.165) is 42.6 Å². The van der Waals surface area contributed by atoms with Crippen LogP contribution < -0.4 is 4.90 Å². The number of anilines is 1. The highest BCUT2D eigenvalue weighted by Crippen LogP contribution is 2.36. The molecule has 3 aromatic rings. The lowest BCUT2D eigenvalue weighted by atomic mass is 9.99. The Morgan fingerprint density at radius 3 is 2.07 bits per heavy atom. The lowest BCUT2D eigenvalue weighted by Gasteiger charge is -2.30. The summed E-state index contributed by atoms with van der Waals surface area (Å²) >= 11 is 0. The van der Waals surface area contributed by atoms with Crippen LogP contribution in [-0.2, 0) is 9.84 Å². The van der Waals surface area contributed by atoms with Crippen molar-refractivity contribution in [3.63, 3.8) is 0 Å². The molecule has 0 bridgehead atoms. The van der Waals surface area contributed by atoms with Gasteiger partial charge in [0.05, 0.1) is 4.90 Å². The summed E-state index contributed by atoms with van der Waals surface area (Å²) in [7, 11) is -3.79. The number of aryl methyl sites for hydroxylation is 2. The molecule has 0 spiro atoms. The number of piperidine rings is 1. The molecule has 1 fully saturated rings. The number of benzene rings is 2. The first-order valence-electron chi connectivity index (χ1n) is 9.99. The van der Waals surface area contributed by atoms with Crippen LogP contribution in [0.3, 0.4) is 0 Å². The molecule has 5 nitrogen and oxygen atoms in total. The van der Waals surface area contributed by atoms with Gasteiger partial charge in [0.25, 0.3) is 0 Å². The van der Waals surface area contributed by atoms with Crippen LogP contribution in [0.5, 0.6) is 0 Å². The van der Waals surface area contributed by atoms with Crippen molar-refractivity contribution in [1.82, 2.24) is 4.98 Å². The summed E-state index contributed by atoms with van der Waals surface area (Å²) in [4.78, 5) is 6.73. The summed E-state index contributed by atoms with van der Waals surface area (Å²) in [6, 6.07) is 14.6. The number of sulfone groups is 1. The van der Waals surface area contributed by atoms with E-state index in [2.05, 4.69) is 11.9 Å². The minimum absolute atomic E-state index is 0.00600. The van der Waals surface area contributed by atoms with Crippen molar-refractivity contribution in [1.29, 1.82) is 0 Å². The first-order chi connectivity index (χ1) is 13.8. The Labute approximate surface area is 172 Å². The van der Waals surface area contributed by atoms with E-state index >= 15 is 0 Å². The predicted molar refractivity (Wildman–Crippen MR) is 114 cm³/mol. The summed E-state index contributed by atoms with van der Waals surface area (Å²) in [6.45, 7) is 7.69. The monoisotopic (exact) mass is 410 g/mol. The molecule has 0 atom stereocenters. The lowest BCUT2D eigenvalue weighted by Crippen LogP contribution is -2.33. The van der Waals surface area contributed by atoms with Gasteiger partial charge in [-0.3, -0.25) is 0 Å². The van der Waals surface area contributed by atoms with Crippen molar-refractivity contribution >= 4 is 15.7 Å². The van der Waals surface area contributed by atoms with E-state index < -0.39 is 9.84 Å². The van der Waals surface area contributed by atoms with Crippen LogP contribution >= 0.6 is 0 Å². The van der Waals surface area contributed by atoms with Gasteiger partial charge in [0.1, 0.15) is 0 Å². The standard InChI is InChI=1S/C23H26N2O3S/c1-16-4-8-19(9-5-16)21-24-22(23(28-21)25-14-12-18(3)13-15-25)29(26,27)20-10-6-17(2)7-11-20/h4-11,18H,12-15H2,1-3H3. The Hall–Kier alpha value is -2.60. The summed E-state index contributed by atoms with van der Waals surface area (Å²) in [5, 5.41) is 0.00600. The third kappa shape index (κ3) is 3.94. The number of nitrogens with zero attached hydrogens (tertiary/aromatic N) is 2. The first-order valence-corrected chi connectivity index (χ1v) is 11.5. The first kappa shape index (κ1) is 19.7. The highest BCUT2D eigenvalue weighted by molar-refractivity contribution is 7.91. The summed E-state index contributed by atoms with van der Waals surface area (Å²) in [5.74, 6) is 1.32. The largest absolute Gasteiger partial charge is 0.419 e. The van der Waals surface area contributed by atoms with E-state index in [1.54, 1.807) is 24.3 Å². The number of hydrogen-bond acceptors (Lipinski definition) is 5. The second-order valence-corrected chi connectivity index (χ2v) is 9.85. The van der Waals surface area contributed by atoms with Crippen molar-refractivity contribution in [3.8, 4) is 11.5 Å². The molecule has 0 aliphatic carbocycles. The molecule has 6 heteroatoms. The third-order valence-electron chi connectivity index (χ3n) is 5.53. The fourth-order valence-electron chi connectivity index (χ4n) is 3.53. The molecule has 4 rings (SSSR count). The van der Waals surface area contributed by atoms with Crippen LogP contribution in [0, 0.1) is 19.8 Å². The van der Waals surface area contributed by atoms with Gasteiger partial charge in [-0.25, -0.2) is 8.42 Å². The molecular formula is C23H26N2O3S. The Morgan fingerprint density at radius 1 is 0.931 bits per heavy atom.